The normalized spacial score (nSPS) is 32.3. The van der Waals surface area contributed by atoms with Crippen LogP contribution in [0.1, 0.15) is 13.3 Å². The van der Waals surface area contributed by atoms with Gasteiger partial charge in [-0.2, -0.15) is 39.5 Å². The molecule has 11 heteroatoms. The molecular weight excluding hydrogens is 323 g/mol. The van der Waals surface area contributed by atoms with Crippen LogP contribution in [0.15, 0.2) is 12.2 Å². The van der Waals surface area contributed by atoms with E-state index in [1.165, 1.54) is 0 Å². The van der Waals surface area contributed by atoms with Crippen LogP contribution >= 0.6 is 0 Å². The van der Waals surface area contributed by atoms with E-state index < -0.39 is 47.5 Å². The smallest absolute Gasteiger partial charge is 0.385 e. The van der Waals surface area contributed by atoms with Crippen molar-refractivity contribution < 1.29 is 49.0 Å². The van der Waals surface area contributed by atoms with E-state index in [0.29, 0.717) is 0 Å². The highest BCUT2D eigenvalue weighted by Crippen LogP contribution is 2.64. The molecule has 1 fully saturated rings. The highest BCUT2D eigenvalue weighted by atomic mass is 19.4. The number of hydrogen-bond acceptors (Lipinski definition) is 2. The van der Waals surface area contributed by atoms with Crippen molar-refractivity contribution in [3.8, 4) is 0 Å². The largest absolute Gasteiger partial charge is 0.418 e. The van der Waals surface area contributed by atoms with Crippen LogP contribution in [-0.2, 0) is 9.53 Å². The zero-order valence-electron chi connectivity index (χ0n) is 10.1. The molecule has 0 radical (unpaired) electrons. The molecule has 0 saturated heterocycles. The van der Waals surface area contributed by atoms with Gasteiger partial charge < -0.3 is 4.74 Å². The predicted octanol–water partition coefficient (Wildman–Crippen LogP) is 3.72. The Morgan fingerprint density at radius 1 is 0.905 bits per heavy atom. The van der Waals surface area contributed by atoms with Crippen LogP contribution in [-0.4, -0.2) is 35.5 Å². The summed E-state index contributed by atoms with van der Waals surface area (Å²) in [6.45, 7) is 3.57. The first kappa shape index (κ1) is 17.6. The zero-order chi connectivity index (χ0) is 17.1. The van der Waals surface area contributed by atoms with Crippen molar-refractivity contribution in [3.63, 3.8) is 0 Å². The first-order valence-electron chi connectivity index (χ1n) is 5.12. The van der Waals surface area contributed by atoms with E-state index in [2.05, 4.69) is 11.3 Å². The molecule has 2 nitrogen and oxygen atoms in total. The molecule has 0 heterocycles. The minimum absolute atomic E-state index is 0.775. The van der Waals surface area contributed by atoms with Crippen LogP contribution in [0.4, 0.5) is 39.5 Å². The number of ether oxygens (including phenoxy) is 1. The lowest BCUT2D eigenvalue weighted by Gasteiger charge is -2.47. The summed E-state index contributed by atoms with van der Waals surface area (Å²) in [5.41, 5.74) is -0.785. The Bertz CT molecular complexity index is 485. The molecular formula is C10H7F9O2. The Morgan fingerprint density at radius 2 is 1.33 bits per heavy atom. The molecule has 0 aliphatic heterocycles. The predicted molar refractivity (Wildman–Crippen MR) is 49.2 cm³/mol. The van der Waals surface area contributed by atoms with Gasteiger partial charge in [0.05, 0.1) is 6.42 Å². The summed E-state index contributed by atoms with van der Waals surface area (Å²) in [7, 11) is 0. The van der Waals surface area contributed by atoms with Crippen LogP contribution in [0.2, 0.25) is 0 Å². The molecule has 0 aromatic heterocycles. The Labute approximate surface area is 111 Å². The second kappa shape index (κ2) is 4.29. The molecule has 0 N–H and O–H groups in total. The molecule has 0 bridgehead atoms. The number of alkyl halides is 9. The quantitative estimate of drug-likeness (QED) is 0.438. The summed E-state index contributed by atoms with van der Waals surface area (Å²) in [5, 5.41) is 0. The van der Waals surface area contributed by atoms with Crippen LogP contribution in [0.25, 0.3) is 0 Å². The topological polar surface area (TPSA) is 26.3 Å². The molecule has 122 valence electrons. The Kier molecular flexibility index (Phi) is 3.60. The molecule has 1 atom stereocenters. The third-order valence-electron chi connectivity index (χ3n) is 2.77. The second-order valence-corrected chi connectivity index (χ2v) is 4.50. The van der Waals surface area contributed by atoms with E-state index >= 15 is 0 Å². The molecule has 1 aliphatic rings. The maximum Gasteiger partial charge on any atom is 0.385 e. The minimum atomic E-state index is -6.79. The third kappa shape index (κ3) is 2.08. The van der Waals surface area contributed by atoms with Crippen molar-refractivity contribution in [1.29, 1.82) is 0 Å². The van der Waals surface area contributed by atoms with Gasteiger partial charge in [0.1, 0.15) is 0 Å². The number of esters is 1. The summed E-state index contributed by atoms with van der Waals surface area (Å²) >= 11 is 0. The van der Waals surface area contributed by atoms with Crippen molar-refractivity contribution in [2.45, 2.75) is 42.9 Å². The summed E-state index contributed by atoms with van der Waals surface area (Å²) < 4.78 is 121. The summed E-state index contributed by atoms with van der Waals surface area (Å²) in [5.74, 6) is -32.9. The average molecular weight is 330 g/mol. The highest BCUT2D eigenvalue weighted by Gasteiger charge is 2.92. The number of carbonyl (C=O) groups excluding carboxylic acids is 1. The van der Waals surface area contributed by atoms with Gasteiger partial charge in [-0.3, -0.25) is 0 Å². The molecule has 1 saturated carbocycles. The fourth-order valence-corrected chi connectivity index (χ4v) is 1.50. The van der Waals surface area contributed by atoms with Crippen LogP contribution < -0.4 is 0 Å². The zero-order valence-corrected chi connectivity index (χ0v) is 10.1. The van der Waals surface area contributed by atoms with Gasteiger partial charge in [-0.15, -0.1) is 0 Å². The van der Waals surface area contributed by atoms with Gasteiger partial charge >= 0.3 is 35.5 Å². The van der Waals surface area contributed by atoms with Gasteiger partial charge in [-0.05, 0) is 6.92 Å². The van der Waals surface area contributed by atoms with Crippen molar-refractivity contribution in [2.75, 3.05) is 0 Å². The molecule has 1 rings (SSSR count). The van der Waals surface area contributed by atoms with Crippen molar-refractivity contribution in [3.05, 3.63) is 12.2 Å². The van der Waals surface area contributed by atoms with E-state index in [9.17, 15) is 44.3 Å². The van der Waals surface area contributed by atoms with Gasteiger partial charge in [0.15, 0.2) is 0 Å². The first-order chi connectivity index (χ1) is 9.03. The van der Waals surface area contributed by atoms with Crippen LogP contribution in [0.5, 0.6) is 0 Å². The molecule has 0 spiro atoms. The van der Waals surface area contributed by atoms with E-state index in [-0.39, 0.29) is 0 Å². The second-order valence-electron chi connectivity index (χ2n) is 4.50. The van der Waals surface area contributed by atoms with E-state index in [4.69, 9.17) is 0 Å². The maximum absolute atomic E-state index is 13.8. The SMILES string of the molecule is C=C(C)C(=O)OC1(F)CC(F)(F)C(F)(F)C(F)(F)C1(F)F. The third-order valence-corrected chi connectivity index (χ3v) is 2.77. The van der Waals surface area contributed by atoms with E-state index in [0.717, 1.165) is 6.92 Å². The lowest BCUT2D eigenvalue weighted by Crippen LogP contribution is -2.75. The molecule has 0 aromatic carbocycles. The molecule has 1 aliphatic carbocycles. The highest BCUT2D eigenvalue weighted by molar-refractivity contribution is 5.87. The number of hydrogen-bond donors (Lipinski definition) is 0. The Balaban J connectivity index is 3.42. The number of rotatable bonds is 2. The Hall–Kier alpha value is -1.42. The molecule has 1 unspecified atom stereocenters. The minimum Gasteiger partial charge on any atom is -0.418 e. The average Bonchev–Trinajstić information content (AvgIpc) is 2.25. The summed E-state index contributed by atoms with van der Waals surface area (Å²) in [4.78, 5) is 10.9. The fourth-order valence-electron chi connectivity index (χ4n) is 1.50. The first-order valence-corrected chi connectivity index (χ1v) is 5.12. The summed E-state index contributed by atoms with van der Waals surface area (Å²) in [6.07, 6.45) is -3.13. The number of carbonyl (C=O) groups is 1. The van der Waals surface area contributed by atoms with Gasteiger partial charge in [-0.25, -0.2) is 4.79 Å². The lowest BCUT2D eigenvalue weighted by molar-refractivity contribution is -0.454. The van der Waals surface area contributed by atoms with Gasteiger partial charge in [-0.1, -0.05) is 6.58 Å². The van der Waals surface area contributed by atoms with Crippen LogP contribution in [0.3, 0.4) is 0 Å². The van der Waals surface area contributed by atoms with Gasteiger partial charge in [0.2, 0.25) is 0 Å². The van der Waals surface area contributed by atoms with Crippen molar-refractivity contribution in [1.82, 2.24) is 0 Å². The monoisotopic (exact) mass is 330 g/mol. The summed E-state index contributed by atoms with van der Waals surface area (Å²) in [6, 6.07) is 0. The Morgan fingerprint density at radius 3 is 1.71 bits per heavy atom. The van der Waals surface area contributed by atoms with Gasteiger partial charge in [0, 0.05) is 5.57 Å². The standard InChI is InChI=1S/C10H7F9O2/c1-4(2)5(20)21-7(13)3-6(11,12)8(14,15)10(18,19)9(7,16)17/h1,3H2,2H3. The fraction of sp³-hybridized carbons (Fsp3) is 0.700. The van der Waals surface area contributed by atoms with Crippen molar-refractivity contribution in [2.24, 2.45) is 0 Å². The molecule has 0 aromatic rings. The number of halogens is 9. The molecule has 21 heavy (non-hydrogen) atoms. The van der Waals surface area contributed by atoms with E-state index in [1.54, 1.807) is 0 Å². The van der Waals surface area contributed by atoms with E-state index in [1.807, 2.05) is 0 Å². The van der Waals surface area contributed by atoms with Crippen LogP contribution in [0, 0.1) is 0 Å². The van der Waals surface area contributed by atoms with Gasteiger partial charge in [0.25, 0.3) is 0 Å². The lowest BCUT2D eigenvalue weighted by atomic mass is 9.82. The molecule has 0 amide bonds. The maximum atomic E-state index is 13.8. The van der Waals surface area contributed by atoms with Crippen molar-refractivity contribution >= 4 is 5.97 Å².